The largest absolute Gasteiger partial charge is 0.485 e. The Bertz CT molecular complexity index is 1340. The molecule has 2 heterocycles. The molecule has 0 spiro atoms. The van der Waals surface area contributed by atoms with Gasteiger partial charge in [-0.25, -0.2) is 4.39 Å². The van der Waals surface area contributed by atoms with Crippen molar-refractivity contribution in [2.75, 3.05) is 5.32 Å². The molecule has 4 aromatic rings. The van der Waals surface area contributed by atoms with E-state index in [1.807, 2.05) is 26.8 Å². The van der Waals surface area contributed by atoms with Gasteiger partial charge in [-0.1, -0.05) is 38.1 Å². The van der Waals surface area contributed by atoms with Crippen LogP contribution in [0.2, 0.25) is 0 Å². The van der Waals surface area contributed by atoms with Crippen LogP contribution in [0.3, 0.4) is 0 Å². The standard InChI is InChI=1S/C28H30FN3O3/c1-17(2)24-12-6-18(3)14-26(24)34-16-23-11-13-25(35-23)28(33)30-27-19(4)31-32(20(27)5)15-21-7-9-22(29)10-8-21/h6-14,17H,15-16H2,1-5H3,(H,30,33). The molecule has 0 fully saturated rings. The van der Waals surface area contributed by atoms with E-state index >= 15 is 0 Å². The predicted molar refractivity (Wildman–Crippen MR) is 133 cm³/mol. The lowest BCUT2D eigenvalue weighted by Gasteiger charge is -2.14. The van der Waals surface area contributed by atoms with Crippen LogP contribution in [-0.4, -0.2) is 15.7 Å². The third-order valence-corrected chi connectivity index (χ3v) is 5.91. The Morgan fingerprint density at radius 3 is 2.54 bits per heavy atom. The van der Waals surface area contributed by atoms with Crippen molar-refractivity contribution in [3.63, 3.8) is 0 Å². The zero-order chi connectivity index (χ0) is 25.1. The minimum atomic E-state index is -0.359. The van der Waals surface area contributed by atoms with Crippen LogP contribution in [0.1, 0.15) is 64.2 Å². The molecule has 1 amide bonds. The third-order valence-electron chi connectivity index (χ3n) is 5.91. The minimum absolute atomic E-state index is 0.196. The SMILES string of the molecule is Cc1ccc(C(C)C)c(OCc2ccc(C(=O)Nc3c(C)nn(Cc4ccc(F)cc4)c3C)o2)c1. The first-order valence-electron chi connectivity index (χ1n) is 11.6. The maximum atomic E-state index is 13.2. The van der Waals surface area contributed by atoms with E-state index in [0.717, 1.165) is 28.1 Å². The van der Waals surface area contributed by atoms with Crippen LogP contribution in [0.25, 0.3) is 0 Å². The fraction of sp³-hybridized carbons (Fsp3) is 0.286. The Kier molecular flexibility index (Phi) is 7.05. The smallest absolute Gasteiger partial charge is 0.291 e. The molecule has 35 heavy (non-hydrogen) atoms. The minimum Gasteiger partial charge on any atom is -0.485 e. The van der Waals surface area contributed by atoms with Crippen molar-refractivity contribution in [3.05, 3.63) is 100 Å². The summed E-state index contributed by atoms with van der Waals surface area (Å²) in [6, 6.07) is 15.8. The molecule has 7 heteroatoms. The second-order valence-electron chi connectivity index (χ2n) is 9.03. The van der Waals surface area contributed by atoms with Gasteiger partial charge in [-0.2, -0.15) is 5.10 Å². The number of hydrogen-bond acceptors (Lipinski definition) is 4. The highest BCUT2D eigenvalue weighted by Gasteiger charge is 2.18. The van der Waals surface area contributed by atoms with Crippen LogP contribution in [0, 0.1) is 26.6 Å². The topological polar surface area (TPSA) is 69.3 Å². The number of nitrogens with zero attached hydrogens (tertiary/aromatic N) is 2. The Morgan fingerprint density at radius 2 is 1.83 bits per heavy atom. The molecule has 0 aliphatic carbocycles. The van der Waals surface area contributed by atoms with Crippen molar-refractivity contribution in [2.45, 2.75) is 53.7 Å². The molecule has 1 N–H and O–H groups in total. The molecule has 6 nitrogen and oxygen atoms in total. The Hall–Kier alpha value is -3.87. The lowest BCUT2D eigenvalue weighted by atomic mass is 10.0. The van der Waals surface area contributed by atoms with E-state index in [-0.39, 0.29) is 24.1 Å². The number of hydrogen-bond donors (Lipinski definition) is 1. The highest BCUT2D eigenvalue weighted by molar-refractivity contribution is 6.02. The number of aryl methyl sites for hydroxylation is 2. The maximum Gasteiger partial charge on any atom is 0.291 e. The van der Waals surface area contributed by atoms with Gasteiger partial charge in [0.1, 0.15) is 23.9 Å². The highest BCUT2D eigenvalue weighted by atomic mass is 19.1. The summed E-state index contributed by atoms with van der Waals surface area (Å²) in [6.07, 6.45) is 0. The van der Waals surface area contributed by atoms with Gasteiger partial charge in [0.15, 0.2) is 5.76 Å². The average molecular weight is 476 g/mol. The number of rotatable bonds is 8. The van der Waals surface area contributed by atoms with Crippen molar-refractivity contribution in [2.24, 2.45) is 0 Å². The molecule has 0 atom stereocenters. The lowest BCUT2D eigenvalue weighted by Crippen LogP contribution is -2.12. The molecule has 2 aromatic heterocycles. The van der Waals surface area contributed by atoms with Crippen LogP contribution in [0.5, 0.6) is 5.75 Å². The molecule has 0 aliphatic rings. The molecule has 182 valence electrons. The Balaban J connectivity index is 1.43. The van der Waals surface area contributed by atoms with Crippen molar-refractivity contribution < 1.29 is 18.3 Å². The number of benzene rings is 2. The Labute approximate surface area is 204 Å². The first-order chi connectivity index (χ1) is 16.7. The van der Waals surface area contributed by atoms with Crippen molar-refractivity contribution in [3.8, 4) is 5.75 Å². The number of ether oxygens (including phenoxy) is 1. The fourth-order valence-electron chi connectivity index (χ4n) is 3.94. The van der Waals surface area contributed by atoms with Crippen LogP contribution in [-0.2, 0) is 13.2 Å². The second-order valence-corrected chi connectivity index (χ2v) is 9.03. The number of carbonyl (C=O) groups excluding carboxylic acids is 1. The van der Waals surface area contributed by atoms with Crippen LogP contribution in [0.15, 0.2) is 59.0 Å². The van der Waals surface area contributed by atoms with Gasteiger partial charge in [0.25, 0.3) is 5.91 Å². The van der Waals surface area contributed by atoms with E-state index in [2.05, 4.69) is 36.4 Å². The van der Waals surface area contributed by atoms with Crippen molar-refractivity contribution in [1.82, 2.24) is 9.78 Å². The lowest BCUT2D eigenvalue weighted by molar-refractivity contribution is 0.0992. The number of furan rings is 1. The number of amides is 1. The van der Waals surface area contributed by atoms with Gasteiger partial charge in [0.05, 0.1) is 23.6 Å². The van der Waals surface area contributed by atoms with E-state index in [4.69, 9.17) is 9.15 Å². The molecule has 0 saturated carbocycles. The third kappa shape index (κ3) is 5.62. The van der Waals surface area contributed by atoms with Crippen LogP contribution >= 0.6 is 0 Å². The summed E-state index contributed by atoms with van der Waals surface area (Å²) in [5.41, 5.74) is 5.29. The van der Waals surface area contributed by atoms with E-state index in [1.165, 1.54) is 12.1 Å². The molecule has 2 aromatic carbocycles. The van der Waals surface area contributed by atoms with E-state index in [1.54, 1.807) is 28.9 Å². The van der Waals surface area contributed by atoms with Crippen molar-refractivity contribution in [1.29, 1.82) is 0 Å². The van der Waals surface area contributed by atoms with E-state index in [0.29, 0.717) is 29.6 Å². The number of carbonyl (C=O) groups is 1. The predicted octanol–water partition coefficient (Wildman–Crippen LogP) is 6.54. The van der Waals surface area contributed by atoms with Gasteiger partial charge in [0, 0.05) is 0 Å². The van der Waals surface area contributed by atoms with Crippen LogP contribution in [0.4, 0.5) is 10.1 Å². The average Bonchev–Trinajstić information content (AvgIpc) is 3.39. The summed E-state index contributed by atoms with van der Waals surface area (Å²) < 4.78 is 26.8. The molecule has 0 unspecified atom stereocenters. The molecular formula is C28H30FN3O3. The summed E-state index contributed by atoms with van der Waals surface area (Å²) in [4.78, 5) is 12.9. The van der Waals surface area contributed by atoms with E-state index in [9.17, 15) is 9.18 Å². The first-order valence-corrected chi connectivity index (χ1v) is 11.6. The fourth-order valence-corrected chi connectivity index (χ4v) is 3.94. The summed E-state index contributed by atoms with van der Waals surface area (Å²) in [7, 11) is 0. The Morgan fingerprint density at radius 1 is 1.09 bits per heavy atom. The molecule has 0 saturated heterocycles. The summed E-state index contributed by atoms with van der Waals surface area (Å²) in [5.74, 6) is 1.27. The van der Waals surface area contributed by atoms with Gasteiger partial charge in [-0.15, -0.1) is 0 Å². The number of anilines is 1. The zero-order valence-corrected chi connectivity index (χ0v) is 20.7. The summed E-state index contributed by atoms with van der Waals surface area (Å²) in [6.45, 7) is 10.7. The molecule has 0 bridgehead atoms. The first kappa shape index (κ1) is 24.3. The highest BCUT2D eigenvalue weighted by Crippen LogP contribution is 2.28. The molecule has 0 radical (unpaired) electrons. The van der Waals surface area contributed by atoms with Gasteiger partial charge in [-0.05, 0) is 73.7 Å². The second kappa shape index (κ2) is 10.2. The number of nitrogens with one attached hydrogen (secondary N) is 1. The number of aromatic nitrogens is 2. The normalized spacial score (nSPS) is 11.2. The zero-order valence-electron chi connectivity index (χ0n) is 20.7. The van der Waals surface area contributed by atoms with Gasteiger partial charge in [0.2, 0.25) is 0 Å². The van der Waals surface area contributed by atoms with Crippen LogP contribution < -0.4 is 10.1 Å². The van der Waals surface area contributed by atoms with Gasteiger partial charge in [-0.3, -0.25) is 9.48 Å². The van der Waals surface area contributed by atoms with Gasteiger partial charge < -0.3 is 14.5 Å². The van der Waals surface area contributed by atoms with E-state index < -0.39 is 0 Å². The van der Waals surface area contributed by atoms with Gasteiger partial charge >= 0.3 is 0 Å². The summed E-state index contributed by atoms with van der Waals surface area (Å²) in [5, 5.41) is 7.44. The summed E-state index contributed by atoms with van der Waals surface area (Å²) >= 11 is 0. The number of halogens is 1. The molecule has 4 rings (SSSR count). The maximum absolute atomic E-state index is 13.2. The van der Waals surface area contributed by atoms with Crippen molar-refractivity contribution >= 4 is 11.6 Å². The quantitative estimate of drug-likeness (QED) is 0.314. The molecular weight excluding hydrogens is 445 g/mol. The monoisotopic (exact) mass is 475 g/mol. The molecule has 0 aliphatic heterocycles.